The van der Waals surface area contributed by atoms with Crippen molar-refractivity contribution in [2.45, 2.75) is 13.1 Å². The van der Waals surface area contributed by atoms with Crippen LogP contribution in [0.4, 0.5) is 0 Å². The number of hydrogen-bond donors (Lipinski definition) is 0. The van der Waals surface area contributed by atoms with E-state index in [9.17, 15) is 13.2 Å². The predicted molar refractivity (Wildman–Crippen MR) is 95.9 cm³/mol. The standard InChI is InChI=1S/C18H20N2O5S/c1-24-16-9-8-15(17(10-16)25-2)12-20-18(21)13-19(26(20,22)23)11-14-6-4-3-5-7-14/h3-10H,11-13H2,1-2H3. The molecule has 1 aliphatic heterocycles. The molecule has 0 aliphatic carbocycles. The van der Waals surface area contributed by atoms with E-state index in [0.717, 1.165) is 9.87 Å². The van der Waals surface area contributed by atoms with Crippen molar-refractivity contribution in [1.82, 2.24) is 8.61 Å². The van der Waals surface area contributed by atoms with Gasteiger partial charge in [-0.2, -0.15) is 12.7 Å². The molecule has 1 amide bonds. The van der Waals surface area contributed by atoms with Crippen molar-refractivity contribution in [2.75, 3.05) is 20.8 Å². The lowest BCUT2D eigenvalue weighted by Crippen LogP contribution is -2.33. The molecule has 1 aliphatic rings. The lowest BCUT2D eigenvalue weighted by atomic mass is 10.2. The van der Waals surface area contributed by atoms with Gasteiger partial charge in [0.2, 0.25) is 0 Å². The summed E-state index contributed by atoms with van der Waals surface area (Å²) in [6.07, 6.45) is 0. The van der Waals surface area contributed by atoms with Crippen LogP contribution in [0.25, 0.3) is 0 Å². The second-order valence-electron chi connectivity index (χ2n) is 5.84. The van der Waals surface area contributed by atoms with Gasteiger partial charge in [0.05, 0.1) is 27.3 Å². The van der Waals surface area contributed by atoms with E-state index < -0.39 is 16.1 Å². The fraction of sp³-hybridized carbons (Fsp3) is 0.278. The topological polar surface area (TPSA) is 76.2 Å². The summed E-state index contributed by atoms with van der Waals surface area (Å²) in [6.45, 7) is -0.0967. The number of methoxy groups -OCH3 is 2. The van der Waals surface area contributed by atoms with Crippen molar-refractivity contribution in [1.29, 1.82) is 0 Å². The number of hydrogen-bond acceptors (Lipinski definition) is 5. The molecule has 138 valence electrons. The van der Waals surface area contributed by atoms with Crippen molar-refractivity contribution in [3.05, 3.63) is 59.7 Å². The smallest absolute Gasteiger partial charge is 0.307 e. The van der Waals surface area contributed by atoms with Gasteiger partial charge in [0, 0.05) is 18.2 Å². The Hall–Kier alpha value is -2.58. The summed E-state index contributed by atoms with van der Waals surface area (Å²) >= 11 is 0. The van der Waals surface area contributed by atoms with Gasteiger partial charge in [0.25, 0.3) is 5.91 Å². The van der Waals surface area contributed by atoms with Crippen LogP contribution < -0.4 is 9.47 Å². The first-order chi connectivity index (χ1) is 12.5. The summed E-state index contributed by atoms with van der Waals surface area (Å²) < 4.78 is 38.1. The van der Waals surface area contributed by atoms with E-state index in [1.54, 1.807) is 18.2 Å². The van der Waals surface area contributed by atoms with Crippen LogP contribution in [0.1, 0.15) is 11.1 Å². The van der Waals surface area contributed by atoms with E-state index in [0.29, 0.717) is 17.1 Å². The van der Waals surface area contributed by atoms with Crippen LogP contribution >= 0.6 is 0 Å². The molecule has 0 saturated carbocycles. The Kier molecular flexibility index (Phi) is 5.15. The van der Waals surface area contributed by atoms with Gasteiger partial charge < -0.3 is 9.47 Å². The summed E-state index contributed by atoms with van der Waals surface area (Å²) in [5.41, 5.74) is 1.42. The van der Waals surface area contributed by atoms with Crippen LogP contribution in [0, 0.1) is 0 Å². The first-order valence-corrected chi connectivity index (χ1v) is 9.41. The molecule has 1 heterocycles. The molecule has 0 atom stereocenters. The molecule has 2 aromatic carbocycles. The number of nitrogens with zero attached hydrogens (tertiary/aromatic N) is 2. The van der Waals surface area contributed by atoms with Gasteiger partial charge in [0.1, 0.15) is 11.5 Å². The Labute approximate surface area is 152 Å². The lowest BCUT2D eigenvalue weighted by molar-refractivity contribution is -0.125. The zero-order valence-electron chi connectivity index (χ0n) is 14.6. The monoisotopic (exact) mass is 376 g/mol. The highest BCUT2D eigenvalue weighted by Gasteiger charge is 2.42. The van der Waals surface area contributed by atoms with Crippen LogP contribution in [0.15, 0.2) is 48.5 Å². The van der Waals surface area contributed by atoms with E-state index in [1.165, 1.54) is 18.5 Å². The maximum absolute atomic E-state index is 12.8. The second-order valence-corrected chi connectivity index (χ2v) is 7.69. The highest BCUT2D eigenvalue weighted by atomic mass is 32.2. The molecule has 7 nitrogen and oxygen atoms in total. The third-order valence-corrected chi connectivity index (χ3v) is 6.01. The van der Waals surface area contributed by atoms with Gasteiger partial charge in [0.15, 0.2) is 0 Å². The highest BCUT2D eigenvalue weighted by Crippen LogP contribution is 2.29. The molecule has 26 heavy (non-hydrogen) atoms. The number of ether oxygens (including phenoxy) is 2. The third kappa shape index (κ3) is 3.51. The quantitative estimate of drug-likeness (QED) is 0.768. The van der Waals surface area contributed by atoms with Gasteiger partial charge >= 0.3 is 10.2 Å². The minimum absolute atomic E-state index is 0.0837. The number of amides is 1. The average molecular weight is 376 g/mol. The molecule has 1 fully saturated rings. The Morgan fingerprint density at radius 1 is 1.00 bits per heavy atom. The van der Waals surface area contributed by atoms with Crippen molar-refractivity contribution >= 4 is 16.1 Å². The van der Waals surface area contributed by atoms with E-state index >= 15 is 0 Å². The molecule has 8 heteroatoms. The van der Waals surface area contributed by atoms with E-state index in [4.69, 9.17) is 9.47 Å². The SMILES string of the molecule is COc1ccc(CN2C(=O)CN(Cc3ccccc3)S2(=O)=O)c(OC)c1. The van der Waals surface area contributed by atoms with E-state index in [2.05, 4.69) is 0 Å². The summed E-state index contributed by atoms with van der Waals surface area (Å²) in [4.78, 5) is 12.4. The minimum Gasteiger partial charge on any atom is -0.497 e. The van der Waals surface area contributed by atoms with Crippen LogP contribution in [-0.2, 0) is 28.1 Å². The fourth-order valence-corrected chi connectivity index (χ4v) is 4.29. The van der Waals surface area contributed by atoms with Crippen LogP contribution in [0.5, 0.6) is 11.5 Å². The summed E-state index contributed by atoms with van der Waals surface area (Å²) in [7, 11) is -0.865. The zero-order valence-corrected chi connectivity index (χ0v) is 15.4. The van der Waals surface area contributed by atoms with E-state index in [1.807, 2.05) is 30.3 Å². The molecule has 0 unspecified atom stereocenters. The molecule has 0 radical (unpaired) electrons. The van der Waals surface area contributed by atoms with Gasteiger partial charge in [-0.1, -0.05) is 30.3 Å². The maximum atomic E-state index is 12.8. The van der Waals surface area contributed by atoms with Crippen LogP contribution in [0.2, 0.25) is 0 Å². The van der Waals surface area contributed by atoms with Gasteiger partial charge in [-0.3, -0.25) is 4.79 Å². The van der Waals surface area contributed by atoms with Crippen molar-refractivity contribution in [3.8, 4) is 11.5 Å². The van der Waals surface area contributed by atoms with Gasteiger partial charge in [-0.25, -0.2) is 4.31 Å². The fourth-order valence-electron chi connectivity index (χ4n) is 2.81. The maximum Gasteiger partial charge on any atom is 0.307 e. The Balaban J connectivity index is 1.83. The molecular formula is C18H20N2O5S. The molecule has 2 aromatic rings. The molecule has 0 N–H and O–H groups in total. The van der Waals surface area contributed by atoms with Crippen LogP contribution in [-0.4, -0.2) is 43.7 Å². The van der Waals surface area contributed by atoms with Crippen LogP contribution in [0.3, 0.4) is 0 Å². The molecule has 3 rings (SSSR count). The second kappa shape index (κ2) is 7.35. The number of benzene rings is 2. The first kappa shape index (κ1) is 18.2. The predicted octanol–water partition coefficient (Wildman–Crippen LogP) is 1.79. The van der Waals surface area contributed by atoms with Gasteiger partial charge in [-0.15, -0.1) is 0 Å². The molecule has 1 saturated heterocycles. The Morgan fingerprint density at radius 3 is 2.38 bits per heavy atom. The van der Waals surface area contributed by atoms with Gasteiger partial charge in [-0.05, 0) is 17.7 Å². The van der Waals surface area contributed by atoms with Crippen molar-refractivity contribution in [2.24, 2.45) is 0 Å². The first-order valence-electron chi connectivity index (χ1n) is 8.01. The van der Waals surface area contributed by atoms with Crippen molar-refractivity contribution < 1.29 is 22.7 Å². The third-order valence-electron chi connectivity index (χ3n) is 4.20. The highest BCUT2D eigenvalue weighted by molar-refractivity contribution is 7.87. The molecular weight excluding hydrogens is 356 g/mol. The average Bonchev–Trinajstić information content (AvgIpc) is 2.85. The zero-order chi connectivity index (χ0) is 18.7. The van der Waals surface area contributed by atoms with Crippen molar-refractivity contribution in [3.63, 3.8) is 0 Å². The normalized spacial score (nSPS) is 16.7. The minimum atomic E-state index is -3.88. The summed E-state index contributed by atoms with van der Waals surface area (Å²) in [6, 6.07) is 14.2. The number of carbonyl (C=O) groups excluding carboxylic acids is 1. The molecule has 0 bridgehead atoms. The Morgan fingerprint density at radius 2 is 1.73 bits per heavy atom. The molecule has 0 aromatic heterocycles. The summed E-state index contributed by atoms with van der Waals surface area (Å²) in [5, 5.41) is 0. The lowest BCUT2D eigenvalue weighted by Gasteiger charge is -2.20. The largest absolute Gasteiger partial charge is 0.497 e. The number of carbonyl (C=O) groups is 1. The van der Waals surface area contributed by atoms with E-state index in [-0.39, 0.29) is 19.6 Å². The Bertz CT molecular complexity index is 899. The molecule has 0 spiro atoms. The summed E-state index contributed by atoms with van der Waals surface area (Å²) in [5.74, 6) is 0.597. The number of rotatable bonds is 6.